The van der Waals surface area contributed by atoms with Gasteiger partial charge >= 0.3 is 0 Å². The topological polar surface area (TPSA) is 15.7 Å². The van der Waals surface area contributed by atoms with Crippen molar-refractivity contribution < 1.29 is 13.5 Å². The highest BCUT2D eigenvalue weighted by molar-refractivity contribution is 9.09. The van der Waals surface area contributed by atoms with E-state index in [9.17, 15) is 8.78 Å². The standard InChI is InChI=1S/C16H15BrF2N2OS/c17-7-9-22-10-8-20-15-3-1-2-4-16(15)21(23-20)12-5-6-13(18)14(19)11-12/h1-6,11H,7-10H2. The quantitative estimate of drug-likeness (QED) is 0.389. The van der Waals surface area contributed by atoms with Crippen molar-refractivity contribution in [3.8, 4) is 0 Å². The highest BCUT2D eigenvalue weighted by Gasteiger charge is 2.28. The van der Waals surface area contributed by atoms with Crippen LogP contribution in [0.15, 0.2) is 42.5 Å². The lowest BCUT2D eigenvalue weighted by molar-refractivity contribution is 0.159. The molecule has 0 radical (unpaired) electrons. The Bertz CT molecular complexity index is 689. The lowest BCUT2D eigenvalue weighted by Gasteiger charge is -2.19. The molecule has 23 heavy (non-hydrogen) atoms. The summed E-state index contributed by atoms with van der Waals surface area (Å²) in [6.07, 6.45) is 0. The zero-order valence-corrected chi connectivity index (χ0v) is 14.6. The van der Waals surface area contributed by atoms with E-state index in [1.165, 1.54) is 18.2 Å². The van der Waals surface area contributed by atoms with Gasteiger partial charge in [0.15, 0.2) is 11.6 Å². The smallest absolute Gasteiger partial charge is 0.160 e. The molecule has 1 heterocycles. The summed E-state index contributed by atoms with van der Waals surface area (Å²) in [5, 5.41) is 0.803. The van der Waals surface area contributed by atoms with E-state index in [1.54, 1.807) is 6.07 Å². The molecule has 1 aliphatic rings. The second-order valence-electron chi connectivity index (χ2n) is 4.87. The predicted octanol–water partition coefficient (Wildman–Crippen LogP) is 4.90. The fraction of sp³-hybridized carbons (Fsp3) is 0.250. The Balaban J connectivity index is 1.81. The van der Waals surface area contributed by atoms with Crippen LogP contribution in [0.25, 0.3) is 0 Å². The van der Waals surface area contributed by atoms with Crippen molar-refractivity contribution in [2.24, 2.45) is 0 Å². The summed E-state index contributed by atoms with van der Waals surface area (Å²) in [4.78, 5) is 0. The Morgan fingerprint density at radius 1 is 1.00 bits per heavy atom. The molecule has 0 amide bonds. The molecule has 0 atom stereocenters. The van der Waals surface area contributed by atoms with Crippen LogP contribution in [0.2, 0.25) is 0 Å². The Morgan fingerprint density at radius 2 is 1.78 bits per heavy atom. The average Bonchev–Trinajstić information content (AvgIpc) is 2.93. The molecule has 0 bridgehead atoms. The van der Waals surface area contributed by atoms with Crippen LogP contribution in [0, 0.1) is 11.6 Å². The van der Waals surface area contributed by atoms with Crippen LogP contribution in [0.5, 0.6) is 0 Å². The van der Waals surface area contributed by atoms with E-state index in [0.717, 1.165) is 22.8 Å². The van der Waals surface area contributed by atoms with Crippen molar-refractivity contribution >= 4 is 45.1 Å². The van der Waals surface area contributed by atoms with Gasteiger partial charge in [0.2, 0.25) is 0 Å². The predicted molar refractivity (Wildman–Crippen MR) is 94.5 cm³/mol. The van der Waals surface area contributed by atoms with Gasteiger partial charge in [-0.05, 0) is 24.3 Å². The first-order chi connectivity index (χ1) is 11.2. The second-order valence-corrected chi connectivity index (χ2v) is 6.63. The third kappa shape index (κ3) is 3.62. The van der Waals surface area contributed by atoms with Crippen LogP contribution < -0.4 is 8.61 Å². The Hall–Kier alpha value is -1.31. The number of hydrogen-bond acceptors (Lipinski definition) is 4. The summed E-state index contributed by atoms with van der Waals surface area (Å²) in [6.45, 7) is 1.96. The van der Waals surface area contributed by atoms with Crippen molar-refractivity contribution in [1.29, 1.82) is 0 Å². The number of ether oxygens (including phenoxy) is 1. The van der Waals surface area contributed by atoms with Crippen LogP contribution in [-0.2, 0) is 4.74 Å². The average molecular weight is 401 g/mol. The second kappa shape index (κ2) is 7.51. The summed E-state index contributed by atoms with van der Waals surface area (Å²) in [5.41, 5.74) is 2.58. The van der Waals surface area contributed by atoms with Gasteiger partial charge in [0.05, 0.1) is 49.0 Å². The number of para-hydroxylation sites is 2. The summed E-state index contributed by atoms with van der Waals surface area (Å²) in [7, 11) is 0. The number of anilines is 3. The minimum absolute atomic E-state index is 0.596. The van der Waals surface area contributed by atoms with Crippen LogP contribution >= 0.6 is 28.1 Å². The van der Waals surface area contributed by atoms with E-state index in [2.05, 4.69) is 20.2 Å². The van der Waals surface area contributed by atoms with E-state index in [1.807, 2.05) is 28.6 Å². The van der Waals surface area contributed by atoms with Gasteiger partial charge in [-0.25, -0.2) is 8.78 Å². The monoisotopic (exact) mass is 400 g/mol. The van der Waals surface area contributed by atoms with E-state index in [0.29, 0.717) is 25.4 Å². The van der Waals surface area contributed by atoms with E-state index >= 15 is 0 Å². The molecule has 0 spiro atoms. The summed E-state index contributed by atoms with van der Waals surface area (Å²) < 4.78 is 36.2. The van der Waals surface area contributed by atoms with Crippen LogP contribution in [-0.4, -0.2) is 25.1 Å². The molecule has 0 saturated carbocycles. The van der Waals surface area contributed by atoms with Gasteiger partial charge in [0.1, 0.15) is 0 Å². The molecule has 1 aliphatic heterocycles. The van der Waals surface area contributed by atoms with Gasteiger partial charge in [-0.2, -0.15) is 0 Å². The van der Waals surface area contributed by atoms with E-state index in [4.69, 9.17) is 4.74 Å². The molecule has 0 aliphatic carbocycles. The molecule has 0 saturated heterocycles. The van der Waals surface area contributed by atoms with Crippen molar-refractivity contribution in [1.82, 2.24) is 0 Å². The minimum atomic E-state index is -0.848. The summed E-state index contributed by atoms with van der Waals surface area (Å²) in [6, 6.07) is 11.8. The Kier molecular flexibility index (Phi) is 5.40. The van der Waals surface area contributed by atoms with Crippen LogP contribution in [0.3, 0.4) is 0 Å². The lowest BCUT2D eigenvalue weighted by Crippen LogP contribution is -2.19. The van der Waals surface area contributed by atoms with Crippen LogP contribution in [0.4, 0.5) is 25.8 Å². The van der Waals surface area contributed by atoms with E-state index in [-0.39, 0.29) is 0 Å². The maximum atomic E-state index is 13.5. The number of fused-ring (bicyclic) bond motifs is 1. The SMILES string of the molecule is Fc1ccc(N2SN(CCOCCBr)c3ccccc32)cc1F. The highest BCUT2D eigenvalue weighted by atomic mass is 79.9. The van der Waals surface area contributed by atoms with Crippen molar-refractivity contribution in [2.75, 3.05) is 33.7 Å². The summed E-state index contributed by atoms with van der Waals surface area (Å²) in [5.74, 6) is -1.69. The molecule has 2 aromatic rings. The number of hydrogen-bond donors (Lipinski definition) is 0. The Labute approximate surface area is 146 Å². The third-order valence-electron chi connectivity index (χ3n) is 3.35. The fourth-order valence-electron chi connectivity index (χ4n) is 2.30. The molecule has 7 heteroatoms. The van der Waals surface area contributed by atoms with Gasteiger partial charge in [0.25, 0.3) is 0 Å². The Morgan fingerprint density at radius 3 is 2.52 bits per heavy atom. The molecule has 0 aromatic heterocycles. The molecule has 0 N–H and O–H groups in total. The zero-order chi connectivity index (χ0) is 16.2. The van der Waals surface area contributed by atoms with E-state index < -0.39 is 11.6 Å². The van der Waals surface area contributed by atoms with Crippen molar-refractivity contribution in [2.45, 2.75) is 0 Å². The van der Waals surface area contributed by atoms with Crippen molar-refractivity contribution in [3.05, 3.63) is 54.1 Å². The molecule has 3 nitrogen and oxygen atoms in total. The first-order valence-corrected chi connectivity index (χ1v) is 8.99. The normalized spacial score (nSPS) is 13.5. The number of benzene rings is 2. The molecule has 122 valence electrons. The third-order valence-corrected chi connectivity index (χ3v) is 4.82. The zero-order valence-electron chi connectivity index (χ0n) is 12.2. The van der Waals surface area contributed by atoms with Crippen LogP contribution in [0.1, 0.15) is 0 Å². The maximum Gasteiger partial charge on any atom is 0.160 e. The highest BCUT2D eigenvalue weighted by Crippen LogP contribution is 2.48. The van der Waals surface area contributed by atoms with Gasteiger partial charge in [-0.3, -0.25) is 8.61 Å². The first kappa shape index (κ1) is 16.5. The largest absolute Gasteiger partial charge is 0.379 e. The molecule has 2 aromatic carbocycles. The molecule has 0 fully saturated rings. The van der Waals surface area contributed by atoms with Gasteiger partial charge in [0, 0.05) is 11.4 Å². The van der Waals surface area contributed by atoms with Crippen molar-refractivity contribution in [3.63, 3.8) is 0 Å². The molecule has 3 rings (SSSR count). The lowest BCUT2D eigenvalue weighted by atomic mass is 10.2. The minimum Gasteiger partial charge on any atom is -0.379 e. The fourth-order valence-corrected chi connectivity index (χ4v) is 3.57. The molecule has 0 unspecified atom stereocenters. The molecular weight excluding hydrogens is 386 g/mol. The number of alkyl halides is 1. The van der Waals surface area contributed by atoms with Gasteiger partial charge in [-0.15, -0.1) is 0 Å². The number of nitrogens with zero attached hydrogens (tertiary/aromatic N) is 2. The number of halogens is 3. The van der Waals surface area contributed by atoms with Gasteiger partial charge in [-0.1, -0.05) is 28.1 Å². The first-order valence-electron chi connectivity index (χ1n) is 7.14. The van der Waals surface area contributed by atoms with Gasteiger partial charge < -0.3 is 4.74 Å². The summed E-state index contributed by atoms with van der Waals surface area (Å²) >= 11 is 4.77. The number of rotatable bonds is 6. The maximum absolute atomic E-state index is 13.5. The molecular formula is C16H15BrF2N2OS.